The van der Waals surface area contributed by atoms with Crippen LogP contribution in [-0.4, -0.2) is 28.5 Å². The van der Waals surface area contributed by atoms with Crippen molar-refractivity contribution in [1.82, 2.24) is 0 Å². The topological polar surface area (TPSA) is 31.5 Å². The van der Waals surface area contributed by atoms with E-state index in [1.807, 2.05) is 0 Å². The molecule has 0 rings (SSSR count). The Morgan fingerprint density at radius 1 is 1.25 bits per heavy atom. The van der Waals surface area contributed by atoms with Gasteiger partial charge in [0.25, 0.3) is 0 Å². The van der Waals surface area contributed by atoms with Crippen molar-refractivity contribution in [3.63, 3.8) is 0 Å². The number of hydrogen-bond donors (Lipinski definition) is 0. The molecule has 0 radical (unpaired) electrons. The zero-order chi connectivity index (χ0) is 2.00. The van der Waals surface area contributed by atoms with E-state index < -0.39 is 0 Å². The normalized spacial score (nSPS) is 1.00. The molecule has 0 aliphatic heterocycles. The fourth-order valence-electron chi connectivity index (χ4n) is 0. The minimum Gasteiger partial charge on any atom is -1.00 e. The average Bonchev–Trinajstić information content (AvgIpc) is 1.00. The van der Waals surface area contributed by atoms with E-state index in [1.165, 1.54) is 0 Å². The van der Waals surface area contributed by atoms with Gasteiger partial charge in [-0.15, -0.1) is 13.2 Å². The predicted molar refractivity (Wildman–Crippen MR) is 22.8 cm³/mol. The summed E-state index contributed by atoms with van der Waals surface area (Å²) in [7, 11) is 0. The Labute approximate surface area is 45.1 Å². The molecule has 0 spiro atoms. The van der Waals surface area contributed by atoms with E-state index in [0.29, 0.717) is 0 Å². The molecule has 0 fully saturated rings. The Morgan fingerprint density at radius 2 is 1.25 bits per heavy atom. The molecule has 0 aromatic heterocycles. The smallest absolute Gasteiger partial charge is 1.00 e. The van der Waals surface area contributed by atoms with Crippen LogP contribution in [-0.2, 0) is 0 Å². The average molecular weight is 72.4 g/mol. The van der Waals surface area contributed by atoms with Gasteiger partial charge in [-0.1, -0.05) is 0 Å². The monoisotopic (exact) mass is 72.0 g/mol. The third kappa shape index (κ3) is 24.4. The summed E-state index contributed by atoms with van der Waals surface area (Å²) in [6.45, 7) is 6.00. The van der Waals surface area contributed by atoms with Crippen molar-refractivity contribution in [2.75, 3.05) is 0 Å². The molecule has 0 aromatic rings. The molecule has 4 heavy (non-hydrogen) atoms. The van der Waals surface area contributed by atoms with Gasteiger partial charge in [0.1, 0.15) is 0 Å². The van der Waals surface area contributed by atoms with Gasteiger partial charge < -0.3 is 8.33 Å². The van der Waals surface area contributed by atoms with Crippen molar-refractivity contribution in [3.8, 4) is 0 Å². The van der Waals surface area contributed by atoms with Crippen molar-refractivity contribution in [2.24, 2.45) is 0 Å². The van der Waals surface area contributed by atoms with Crippen LogP contribution in [0.3, 0.4) is 0 Å². The van der Waals surface area contributed by atoms with E-state index in [1.54, 1.807) is 0 Å². The van der Waals surface area contributed by atoms with E-state index in [0.717, 1.165) is 0 Å². The van der Waals surface area contributed by atoms with Crippen LogP contribution < -0.4 is 0 Å². The molecule has 0 aliphatic rings. The molecule has 2 N–H and O–H groups in total. The van der Waals surface area contributed by atoms with Crippen LogP contribution in [0.25, 0.3) is 0 Å². The molecule has 0 saturated carbocycles. The summed E-state index contributed by atoms with van der Waals surface area (Å²) < 4.78 is 0. The third-order valence-electron chi connectivity index (χ3n) is 0. The molecule has 0 amide bonds. The standard InChI is InChI=1S/C2H4.Mg.H2O.2H/c1-2;;;;/h1-2H2;;1H2;;/q;+2;;2*-1. The molecule has 24 valence electrons. The molecule has 0 atom stereocenters. The quantitative estimate of drug-likeness (QED) is 0.281. The summed E-state index contributed by atoms with van der Waals surface area (Å²) in [6.07, 6.45) is 0. The summed E-state index contributed by atoms with van der Waals surface area (Å²) in [4.78, 5) is 0. The van der Waals surface area contributed by atoms with Crippen LogP contribution in [0.1, 0.15) is 2.85 Å². The van der Waals surface area contributed by atoms with Crippen LogP contribution in [0, 0.1) is 0 Å². The van der Waals surface area contributed by atoms with Gasteiger partial charge in [-0.3, -0.25) is 0 Å². The Balaban J connectivity index is -0.000000000833. The van der Waals surface area contributed by atoms with Crippen molar-refractivity contribution < 1.29 is 8.33 Å². The maximum Gasteiger partial charge on any atom is 2.00 e. The first-order chi connectivity index (χ1) is 1.00. The molecule has 0 aromatic carbocycles. The Bertz CT molecular complexity index is 11.5. The van der Waals surface area contributed by atoms with Crippen molar-refractivity contribution >= 4 is 23.1 Å². The maximum atomic E-state index is 3.00. The first-order valence-electron chi connectivity index (χ1n) is 0.500. The zero-order valence-electron chi connectivity index (χ0n) is 4.62. The van der Waals surface area contributed by atoms with Crippen molar-refractivity contribution in [1.29, 1.82) is 0 Å². The van der Waals surface area contributed by atoms with Gasteiger partial charge >= 0.3 is 23.1 Å². The minimum absolute atomic E-state index is 0. The second-order valence-electron chi connectivity index (χ2n) is 0. The second-order valence-corrected chi connectivity index (χ2v) is 0. The molecule has 0 aliphatic carbocycles. The summed E-state index contributed by atoms with van der Waals surface area (Å²) >= 11 is 0. The van der Waals surface area contributed by atoms with Gasteiger partial charge in [0.15, 0.2) is 0 Å². The Hall–Kier alpha value is 0.466. The molecule has 0 bridgehead atoms. The first kappa shape index (κ1) is 25.0. The maximum absolute atomic E-state index is 3.00. The van der Waals surface area contributed by atoms with Gasteiger partial charge in [0, 0.05) is 0 Å². The van der Waals surface area contributed by atoms with Gasteiger partial charge in [0.05, 0.1) is 0 Å². The summed E-state index contributed by atoms with van der Waals surface area (Å²) in [5, 5.41) is 0. The zero-order valence-corrected chi connectivity index (χ0v) is 4.04. The van der Waals surface area contributed by atoms with Crippen LogP contribution in [0.4, 0.5) is 0 Å². The van der Waals surface area contributed by atoms with E-state index in [9.17, 15) is 0 Å². The molecule has 2 heteroatoms. The van der Waals surface area contributed by atoms with E-state index in [-0.39, 0.29) is 31.4 Å². The first-order valence-corrected chi connectivity index (χ1v) is 0.500. The molecular weight excluding hydrogens is 64.3 g/mol. The van der Waals surface area contributed by atoms with Crippen LogP contribution >= 0.6 is 0 Å². The molecule has 0 unspecified atom stereocenters. The molecule has 1 nitrogen and oxygen atoms in total. The van der Waals surface area contributed by atoms with E-state index >= 15 is 0 Å². The van der Waals surface area contributed by atoms with E-state index in [2.05, 4.69) is 13.2 Å². The van der Waals surface area contributed by atoms with Crippen molar-refractivity contribution in [2.45, 2.75) is 0 Å². The summed E-state index contributed by atoms with van der Waals surface area (Å²) in [5.41, 5.74) is 0. The largest absolute Gasteiger partial charge is 2.00 e. The van der Waals surface area contributed by atoms with Crippen LogP contribution in [0.5, 0.6) is 0 Å². The molecule has 0 saturated heterocycles. The SMILES string of the molecule is C=C.O.[H-].[H-].[Mg+2]. The van der Waals surface area contributed by atoms with Gasteiger partial charge in [-0.05, 0) is 0 Å². The Kier molecular flexibility index (Phi) is 605. The van der Waals surface area contributed by atoms with Gasteiger partial charge in [-0.2, -0.15) is 0 Å². The molecule has 0 heterocycles. The predicted octanol–water partition coefficient (Wildman–Crippen LogP) is -0.178. The van der Waals surface area contributed by atoms with Crippen LogP contribution in [0.2, 0.25) is 0 Å². The van der Waals surface area contributed by atoms with Gasteiger partial charge in [-0.25, -0.2) is 0 Å². The third-order valence-corrected chi connectivity index (χ3v) is 0. The Morgan fingerprint density at radius 3 is 1.25 bits per heavy atom. The van der Waals surface area contributed by atoms with Crippen LogP contribution in [0.15, 0.2) is 13.2 Å². The second kappa shape index (κ2) is 97.0. The van der Waals surface area contributed by atoms with Gasteiger partial charge in [0.2, 0.25) is 0 Å². The molecular formula is C2H8MgO. The fourth-order valence-corrected chi connectivity index (χ4v) is 0. The number of rotatable bonds is 0. The minimum atomic E-state index is 0. The number of hydrogen-bond acceptors (Lipinski definition) is 0. The fraction of sp³-hybridized carbons (Fsp3) is 0. The summed E-state index contributed by atoms with van der Waals surface area (Å²) in [5.74, 6) is 0. The summed E-state index contributed by atoms with van der Waals surface area (Å²) in [6, 6.07) is 0. The van der Waals surface area contributed by atoms with Crippen molar-refractivity contribution in [3.05, 3.63) is 13.2 Å². The van der Waals surface area contributed by atoms with E-state index in [4.69, 9.17) is 0 Å².